The second-order valence-electron chi connectivity index (χ2n) is 7.09. The number of hydrogen-bond acceptors (Lipinski definition) is 5. The van der Waals surface area contributed by atoms with Crippen molar-refractivity contribution in [1.82, 2.24) is 10.1 Å². The topological polar surface area (TPSA) is 50.5 Å². The van der Waals surface area contributed by atoms with Gasteiger partial charge in [-0.1, -0.05) is 16.8 Å². The first-order chi connectivity index (χ1) is 11.0. The van der Waals surface area contributed by atoms with Crippen LogP contribution in [0.5, 0.6) is 5.75 Å². The summed E-state index contributed by atoms with van der Waals surface area (Å²) in [5.41, 5.74) is 0.713. The quantitative estimate of drug-likeness (QED) is 0.925. The summed E-state index contributed by atoms with van der Waals surface area (Å²) in [6.07, 6.45) is 2.48. The molecule has 0 spiro atoms. The number of piperidine rings is 3. The fourth-order valence-corrected chi connectivity index (χ4v) is 4.50. The Morgan fingerprint density at radius 3 is 2.74 bits per heavy atom. The summed E-state index contributed by atoms with van der Waals surface area (Å²) in [5, 5.41) is 9.34. The average Bonchev–Trinajstić information content (AvgIpc) is 2.94. The molecular formula is C17H22ClN3O2. The number of anilines is 1. The van der Waals surface area contributed by atoms with E-state index in [0.29, 0.717) is 28.3 Å². The van der Waals surface area contributed by atoms with Crippen molar-refractivity contribution in [3.8, 4) is 5.75 Å². The highest BCUT2D eigenvalue weighted by atomic mass is 35.5. The van der Waals surface area contributed by atoms with Crippen LogP contribution in [-0.2, 0) is 0 Å². The predicted octanol–water partition coefficient (Wildman–Crippen LogP) is 3.77. The molecular weight excluding hydrogens is 314 g/mol. The van der Waals surface area contributed by atoms with Gasteiger partial charge in [0.05, 0.1) is 17.5 Å². The van der Waals surface area contributed by atoms with Gasteiger partial charge in [-0.15, -0.1) is 0 Å². The summed E-state index contributed by atoms with van der Waals surface area (Å²) in [7, 11) is 1.59. The molecule has 5 rings (SSSR count). The van der Waals surface area contributed by atoms with Gasteiger partial charge in [0, 0.05) is 11.6 Å². The van der Waals surface area contributed by atoms with Crippen molar-refractivity contribution in [3.63, 3.8) is 0 Å². The van der Waals surface area contributed by atoms with Gasteiger partial charge in [-0.25, -0.2) is 0 Å². The number of nitrogens with one attached hydrogen (secondary N) is 1. The molecule has 6 heteroatoms. The smallest absolute Gasteiger partial charge is 0.212 e. The average molecular weight is 336 g/mol. The van der Waals surface area contributed by atoms with Crippen molar-refractivity contribution in [2.24, 2.45) is 5.92 Å². The Morgan fingerprint density at radius 1 is 1.35 bits per heavy atom. The summed E-state index contributed by atoms with van der Waals surface area (Å²) in [4.78, 5) is 2.57. The van der Waals surface area contributed by atoms with Gasteiger partial charge in [-0.3, -0.25) is 4.90 Å². The normalized spacial score (nSPS) is 29.0. The van der Waals surface area contributed by atoms with Gasteiger partial charge in [0.2, 0.25) is 5.58 Å². The maximum atomic E-state index is 6.16. The minimum atomic E-state index is 0.114. The number of nitrogens with zero attached hydrogens (tertiary/aromatic N) is 2. The fourth-order valence-electron chi connectivity index (χ4n) is 4.27. The number of methoxy groups -OCH3 is 1. The standard InChI is InChI=1S/C17H22ClN3O2/c1-17(2)15(10-6-8-21(17)9-7-10)19-16-11-4-5-12(18)14(22-3)13(11)23-20-16/h4-5,10,15H,6-9H2,1-3H3,(H,19,20)/t15-/m1/s1. The van der Waals surface area contributed by atoms with E-state index in [1.807, 2.05) is 12.1 Å². The van der Waals surface area contributed by atoms with Crippen molar-refractivity contribution < 1.29 is 9.26 Å². The first-order valence-corrected chi connectivity index (χ1v) is 8.53. The number of hydrogen-bond donors (Lipinski definition) is 1. The van der Waals surface area contributed by atoms with E-state index < -0.39 is 0 Å². The Hall–Kier alpha value is -1.46. The van der Waals surface area contributed by atoms with E-state index in [1.165, 1.54) is 25.9 Å². The van der Waals surface area contributed by atoms with E-state index in [-0.39, 0.29) is 5.54 Å². The third kappa shape index (κ3) is 2.21. The first-order valence-electron chi connectivity index (χ1n) is 8.16. The Kier molecular flexibility index (Phi) is 3.46. The molecule has 2 aromatic rings. The van der Waals surface area contributed by atoms with Crippen molar-refractivity contribution in [2.75, 3.05) is 25.5 Å². The van der Waals surface area contributed by atoms with Crippen molar-refractivity contribution in [3.05, 3.63) is 17.2 Å². The maximum Gasteiger partial charge on any atom is 0.212 e. The SMILES string of the molecule is COc1c(Cl)ccc2c(N[C@@H]3C4CCN(CC4)C3(C)C)noc12. The summed E-state index contributed by atoms with van der Waals surface area (Å²) in [5.74, 6) is 2.00. The molecule has 124 valence electrons. The van der Waals surface area contributed by atoms with Crippen LogP contribution in [-0.4, -0.2) is 41.8 Å². The van der Waals surface area contributed by atoms with Gasteiger partial charge in [0.15, 0.2) is 11.6 Å². The number of aromatic nitrogens is 1. The summed E-state index contributed by atoms with van der Waals surface area (Å²) in [6, 6.07) is 4.13. The van der Waals surface area contributed by atoms with Crippen molar-refractivity contribution >= 4 is 28.4 Å². The lowest BCUT2D eigenvalue weighted by Crippen LogP contribution is -2.66. The molecule has 1 aromatic carbocycles. The van der Waals surface area contributed by atoms with Crippen molar-refractivity contribution in [1.29, 1.82) is 0 Å². The summed E-state index contributed by atoms with van der Waals surface area (Å²) < 4.78 is 10.9. The molecule has 3 aliphatic rings. The highest BCUT2D eigenvalue weighted by molar-refractivity contribution is 6.33. The molecule has 2 bridgehead atoms. The molecule has 3 aliphatic heterocycles. The second-order valence-corrected chi connectivity index (χ2v) is 7.50. The molecule has 3 saturated heterocycles. The minimum Gasteiger partial charge on any atom is -0.491 e. The Labute approximate surface area is 140 Å². The van der Waals surface area contributed by atoms with Crippen molar-refractivity contribution in [2.45, 2.75) is 38.3 Å². The third-order valence-electron chi connectivity index (χ3n) is 5.63. The zero-order valence-electron chi connectivity index (χ0n) is 13.7. The predicted molar refractivity (Wildman–Crippen MR) is 91.4 cm³/mol. The lowest BCUT2D eigenvalue weighted by molar-refractivity contribution is -0.0189. The number of benzene rings is 1. The zero-order valence-corrected chi connectivity index (χ0v) is 14.5. The second kappa shape index (κ2) is 5.28. The van der Waals surface area contributed by atoms with Crippen LogP contribution >= 0.6 is 11.6 Å². The Bertz CT molecular complexity index is 735. The van der Waals surface area contributed by atoms with E-state index in [9.17, 15) is 0 Å². The number of halogens is 1. The number of rotatable bonds is 3. The van der Waals surface area contributed by atoms with Gasteiger partial charge in [0.25, 0.3) is 0 Å². The van der Waals surface area contributed by atoms with Crippen LogP contribution in [0, 0.1) is 5.92 Å². The summed E-state index contributed by atoms with van der Waals surface area (Å²) in [6.45, 7) is 7.02. The van der Waals surface area contributed by atoms with Crippen LogP contribution in [0.1, 0.15) is 26.7 Å². The lowest BCUT2D eigenvalue weighted by atomic mass is 9.72. The Morgan fingerprint density at radius 2 is 2.09 bits per heavy atom. The molecule has 1 aromatic heterocycles. The highest BCUT2D eigenvalue weighted by Gasteiger charge is 2.47. The molecule has 0 saturated carbocycles. The van der Waals surface area contributed by atoms with Gasteiger partial charge >= 0.3 is 0 Å². The largest absolute Gasteiger partial charge is 0.491 e. The first kappa shape index (κ1) is 15.1. The minimum absolute atomic E-state index is 0.114. The molecule has 0 amide bonds. The van der Waals surface area contributed by atoms with Gasteiger partial charge < -0.3 is 14.6 Å². The van der Waals surface area contributed by atoms with Crippen LogP contribution in [0.3, 0.4) is 0 Å². The Balaban J connectivity index is 1.71. The van der Waals surface area contributed by atoms with E-state index in [0.717, 1.165) is 11.2 Å². The van der Waals surface area contributed by atoms with E-state index in [2.05, 4.69) is 29.2 Å². The van der Waals surface area contributed by atoms with Crippen LogP contribution in [0.15, 0.2) is 16.7 Å². The van der Waals surface area contributed by atoms with E-state index in [1.54, 1.807) is 7.11 Å². The van der Waals surface area contributed by atoms with Gasteiger partial charge in [-0.2, -0.15) is 0 Å². The zero-order chi connectivity index (χ0) is 16.2. The number of fused-ring (bicyclic) bond motifs is 4. The molecule has 5 nitrogen and oxygen atoms in total. The van der Waals surface area contributed by atoms with E-state index >= 15 is 0 Å². The van der Waals surface area contributed by atoms with Gasteiger partial charge in [-0.05, 0) is 57.8 Å². The fraction of sp³-hybridized carbons (Fsp3) is 0.588. The molecule has 0 aliphatic carbocycles. The molecule has 0 unspecified atom stereocenters. The maximum absolute atomic E-state index is 6.16. The third-order valence-corrected chi connectivity index (χ3v) is 5.93. The molecule has 4 heterocycles. The van der Waals surface area contributed by atoms with Crippen LogP contribution < -0.4 is 10.1 Å². The highest BCUT2D eigenvalue weighted by Crippen LogP contribution is 2.42. The van der Waals surface area contributed by atoms with E-state index in [4.69, 9.17) is 20.9 Å². The van der Waals surface area contributed by atoms with Crippen LogP contribution in [0.4, 0.5) is 5.82 Å². The van der Waals surface area contributed by atoms with Crippen LogP contribution in [0.25, 0.3) is 11.0 Å². The van der Waals surface area contributed by atoms with Gasteiger partial charge in [0.1, 0.15) is 0 Å². The monoisotopic (exact) mass is 335 g/mol. The lowest BCUT2D eigenvalue weighted by Gasteiger charge is -2.56. The molecule has 3 fully saturated rings. The molecule has 1 N–H and O–H groups in total. The van der Waals surface area contributed by atoms with Crippen LogP contribution in [0.2, 0.25) is 5.02 Å². The molecule has 1 atom stereocenters. The molecule has 0 radical (unpaired) electrons. The summed E-state index contributed by atoms with van der Waals surface area (Å²) >= 11 is 6.16. The number of ether oxygens (including phenoxy) is 1. The molecule has 23 heavy (non-hydrogen) atoms.